The lowest BCUT2D eigenvalue weighted by molar-refractivity contribution is 0.0594. The fourth-order valence-electron chi connectivity index (χ4n) is 1.87. The van der Waals surface area contributed by atoms with Gasteiger partial charge in [0.1, 0.15) is 0 Å². The fourth-order valence-corrected chi connectivity index (χ4v) is 1.87. The zero-order valence-corrected chi connectivity index (χ0v) is 10.3. The molecule has 0 spiro atoms. The van der Waals surface area contributed by atoms with E-state index in [1.807, 2.05) is 0 Å². The third kappa shape index (κ3) is 2.17. The number of methoxy groups -OCH3 is 1. The zero-order valence-electron chi connectivity index (χ0n) is 10.3. The SMILES string of the molecule is COC(=O)c1c(C(N)C(F)F)c(C)n(C)c1C. The van der Waals surface area contributed by atoms with Gasteiger partial charge in [0, 0.05) is 24.0 Å². The summed E-state index contributed by atoms with van der Waals surface area (Å²) in [5.41, 5.74) is 6.86. The van der Waals surface area contributed by atoms with Gasteiger partial charge in [-0.25, -0.2) is 13.6 Å². The number of halogens is 2. The standard InChI is InChI=1S/C11H16F2N2O2/c1-5-7(9(14)10(12)13)8(11(16)17-4)6(2)15(5)3/h9-10H,14H2,1-4H3. The molecule has 0 aliphatic carbocycles. The number of rotatable bonds is 3. The van der Waals surface area contributed by atoms with Gasteiger partial charge in [-0.2, -0.15) is 0 Å². The molecule has 1 atom stereocenters. The summed E-state index contributed by atoms with van der Waals surface area (Å²) in [5, 5.41) is 0. The van der Waals surface area contributed by atoms with Crippen LogP contribution in [-0.2, 0) is 11.8 Å². The van der Waals surface area contributed by atoms with Gasteiger partial charge in [-0.1, -0.05) is 0 Å². The molecular formula is C11H16F2N2O2. The van der Waals surface area contributed by atoms with Crippen molar-refractivity contribution in [2.24, 2.45) is 12.8 Å². The Bertz CT molecular complexity index is 441. The van der Waals surface area contributed by atoms with Gasteiger partial charge in [0.2, 0.25) is 0 Å². The maximum Gasteiger partial charge on any atom is 0.340 e. The highest BCUT2D eigenvalue weighted by atomic mass is 19.3. The summed E-state index contributed by atoms with van der Waals surface area (Å²) < 4.78 is 31.7. The van der Waals surface area contributed by atoms with Crippen LogP contribution in [0.4, 0.5) is 8.78 Å². The molecule has 0 aromatic carbocycles. The van der Waals surface area contributed by atoms with E-state index in [2.05, 4.69) is 4.74 Å². The number of carbonyl (C=O) groups is 1. The highest BCUT2D eigenvalue weighted by molar-refractivity contribution is 5.93. The minimum atomic E-state index is -2.72. The summed E-state index contributed by atoms with van der Waals surface area (Å²) in [7, 11) is 2.90. The summed E-state index contributed by atoms with van der Waals surface area (Å²) >= 11 is 0. The van der Waals surface area contributed by atoms with Crippen molar-refractivity contribution in [3.05, 3.63) is 22.5 Å². The van der Waals surface area contributed by atoms with E-state index in [1.54, 1.807) is 25.5 Å². The van der Waals surface area contributed by atoms with Gasteiger partial charge in [-0.3, -0.25) is 0 Å². The highest BCUT2D eigenvalue weighted by Crippen LogP contribution is 2.29. The maximum absolute atomic E-state index is 12.7. The molecule has 1 aromatic rings. The molecule has 17 heavy (non-hydrogen) atoms. The van der Waals surface area contributed by atoms with E-state index < -0.39 is 18.4 Å². The van der Waals surface area contributed by atoms with Crippen LogP contribution in [0.2, 0.25) is 0 Å². The number of alkyl halides is 2. The molecule has 1 aromatic heterocycles. The minimum Gasteiger partial charge on any atom is -0.465 e. The summed E-state index contributed by atoms with van der Waals surface area (Å²) in [6.07, 6.45) is -2.72. The number of nitrogens with two attached hydrogens (primary N) is 1. The van der Waals surface area contributed by atoms with E-state index in [4.69, 9.17) is 5.73 Å². The van der Waals surface area contributed by atoms with Crippen LogP contribution in [0.15, 0.2) is 0 Å². The molecule has 2 N–H and O–H groups in total. The monoisotopic (exact) mass is 246 g/mol. The van der Waals surface area contributed by atoms with Gasteiger partial charge in [-0.05, 0) is 13.8 Å². The number of hydrogen-bond acceptors (Lipinski definition) is 3. The van der Waals surface area contributed by atoms with Crippen LogP contribution in [0.5, 0.6) is 0 Å². The Kier molecular flexibility index (Phi) is 3.87. The van der Waals surface area contributed by atoms with E-state index in [0.29, 0.717) is 11.4 Å². The van der Waals surface area contributed by atoms with Crippen molar-refractivity contribution in [3.8, 4) is 0 Å². The molecular weight excluding hydrogens is 230 g/mol. The first-order chi connectivity index (χ1) is 7.82. The lowest BCUT2D eigenvalue weighted by Gasteiger charge is -2.12. The number of hydrogen-bond donors (Lipinski definition) is 1. The van der Waals surface area contributed by atoms with Gasteiger partial charge in [0.15, 0.2) is 0 Å². The summed E-state index contributed by atoms with van der Waals surface area (Å²) in [6, 6.07) is -1.48. The number of carbonyl (C=O) groups excluding carboxylic acids is 1. The molecule has 0 saturated heterocycles. The summed E-state index contributed by atoms with van der Waals surface area (Å²) in [4.78, 5) is 11.6. The van der Waals surface area contributed by atoms with Crippen molar-refractivity contribution in [1.29, 1.82) is 0 Å². The Balaban J connectivity index is 3.46. The topological polar surface area (TPSA) is 57.2 Å². The van der Waals surface area contributed by atoms with Crippen LogP contribution in [0, 0.1) is 13.8 Å². The van der Waals surface area contributed by atoms with E-state index in [9.17, 15) is 13.6 Å². The Morgan fingerprint density at radius 3 is 2.29 bits per heavy atom. The minimum absolute atomic E-state index is 0.139. The lowest BCUT2D eigenvalue weighted by atomic mass is 10.0. The average Bonchev–Trinajstić information content (AvgIpc) is 2.51. The lowest BCUT2D eigenvalue weighted by Crippen LogP contribution is -2.22. The Labute approximate surface area is 98.4 Å². The van der Waals surface area contributed by atoms with Crippen LogP contribution in [-0.4, -0.2) is 24.1 Å². The van der Waals surface area contributed by atoms with Crippen molar-refractivity contribution in [2.45, 2.75) is 26.3 Å². The first-order valence-corrected chi connectivity index (χ1v) is 5.10. The third-order valence-electron chi connectivity index (χ3n) is 3.02. The predicted molar refractivity (Wildman–Crippen MR) is 59.2 cm³/mol. The summed E-state index contributed by atoms with van der Waals surface area (Å²) in [5.74, 6) is -0.641. The number of esters is 1. The van der Waals surface area contributed by atoms with Crippen molar-refractivity contribution in [3.63, 3.8) is 0 Å². The maximum atomic E-state index is 12.7. The van der Waals surface area contributed by atoms with Crippen LogP contribution < -0.4 is 5.73 Å². The smallest absolute Gasteiger partial charge is 0.340 e. The quantitative estimate of drug-likeness (QED) is 0.826. The molecule has 4 nitrogen and oxygen atoms in total. The van der Waals surface area contributed by atoms with Crippen molar-refractivity contribution in [1.82, 2.24) is 4.57 Å². The molecule has 0 bridgehead atoms. The second kappa shape index (κ2) is 4.83. The number of aromatic nitrogens is 1. The number of ether oxygens (including phenoxy) is 1. The first kappa shape index (κ1) is 13.6. The van der Waals surface area contributed by atoms with E-state index in [1.165, 1.54) is 7.11 Å². The highest BCUT2D eigenvalue weighted by Gasteiger charge is 2.30. The normalized spacial score (nSPS) is 12.9. The molecule has 6 heteroatoms. The molecule has 0 aliphatic heterocycles. The van der Waals surface area contributed by atoms with Crippen LogP contribution >= 0.6 is 0 Å². The Morgan fingerprint density at radius 2 is 1.88 bits per heavy atom. The molecule has 1 heterocycles. The molecule has 96 valence electrons. The predicted octanol–water partition coefficient (Wildman–Crippen LogP) is 1.69. The van der Waals surface area contributed by atoms with E-state index >= 15 is 0 Å². The summed E-state index contributed by atoms with van der Waals surface area (Å²) in [6.45, 7) is 3.32. The van der Waals surface area contributed by atoms with Crippen LogP contribution in [0.3, 0.4) is 0 Å². The molecule has 0 aliphatic rings. The molecule has 0 saturated carbocycles. The fraction of sp³-hybridized carbons (Fsp3) is 0.545. The molecule has 0 fully saturated rings. The molecule has 0 radical (unpaired) electrons. The molecule has 0 amide bonds. The number of nitrogens with zero attached hydrogens (tertiary/aromatic N) is 1. The van der Waals surface area contributed by atoms with Crippen LogP contribution in [0.25, 0.3) is 0 Å². The van der Waals surface area contributed by atoms with Crippen LogP contribution in [0.1, 0.15) is 33.4 Å². The third-order valence-corrected chi connectivity index (χ3v) is 3.02. The first-order valence-electron chi connectivity index (χ1n) is 5.10. The van der Waals surface area contributed by atoms with Crippen molar-refractivity contribution in [2.75, 3.05) is 7.11 Å². The van der Waals surface area contributed by atoms with Gasteiger partial charge >= 0.3 is 5.97 Å². The van der Waals surface area contributed by atoms with Crippen molar-refractivity contribution >= 4 is 5.97 Å². The second-order valence-electron chi connectivity index (χ2n) is 3.87. The molecule has 1 rings (SSSR count). The van der Waals surface area contributed by atoms with Gasteiger partial charge in [0.25, 0.3) is 6.43 Å². The van der Waals surface area contributed by atoms with Gasteiger partial charge in [-0.15, -0.1) is 0 Å². The molecule has 1 unspecified atom stereocenters. The zero-order chi connectivity index (χ0) is 13.3. The van der Waals surface area contributed by atoms with E-state index in [0.717, 1.165) is 0 Å². The Morgan fingerprint density at radius 1 is 1.35 bits per heavy atom. The Hall–Kier alpha value is -1.43. The van der Waals surface area contributed by atoms with Gasteiger partial charge < -0.3 is 15.0 Å². The van der Waals surface area contributed by atoms with E-state index in [-0.39, 0.29) is 11.1 Å². The largest absolute Gasteiger partial charge is 0.465 e. The average molecular weight is 246 g/mol. The second-order valence-corrected chi connectivity index (χ2v) is 3.87. The van der Waals surface area contributed by atoms with Gasteiger partial charge in [0.05, 0.1) is 18.7 Å². The van der Waals surface area contributed by atoms with Crippen molar-refractivity contribution < 1.29 is 18.3 Å².